The van der Waals surface area contributed by atoms with Crippen LogP contribution in [-0.2, 0) is 0 Å². The molecule has 0 fully saturated rings. The van der Waals surface area contributed by atoms with E-state index < -0.39 is 0 Å². The Morgan fingerprint density at radius 1 is 0.618 bits per heavy atom. The van der Waals surface area contributed by atoms with Crippen molar-refractivity contribution < 1.29 is 9.15 Å². The van der Waals surface area contributed by atoms with Crippen molar-refractivity contribution in [3.63, 3.8) is 0 Å². The van der Waals surface area contributed by atoms with Crippen LogP contribution in [0.15, 0.2) is 229 Å². The summed E-state index contributed by atoms with van der Waals surface area (Å²) in [6.45, 7) is 4.38. The lowest BCUT2D eigenvalue weighted by atomic mass is 9.83. The van der Waals surface area contributed by atoms with Gasteiger partial charge in [-0.2, -0.15) is 0 Å². The second-order valence-corrected chi connectivity index (χ2v) is 20.1. The third-order valence-corrected chi connectivity index (χ3v) is 15.9. The molecule has 0 saturated heterocycles. The first-order chi connectivity index (χ1) is 37.6. The molecule has 0 bridgehead atoms. The predicted molar refractivity (Wildman–Crippen MR) is 308 cm³/mol. The summed E-state index contributed by atoms with van der Waals surface area (Å²) < 4.78 is 18.4. The van der Waals surface area contributed by atoms with Gasteiger partial charge in [0.15, 0.2) is 11.6 Å². The summed E-state index contributed by atoms with van der Waals surface area (Å²) in [7, 11) is 0. The minimum atomic E-state index is -0.234. The van der Waals surface area contributed by atoms with Crippen LogP contribution < -0.4 is 4.74 Å². The highest BCUT2D eigenvalue weighted by atomic mass is 16.5. The fourth-order valence-corrected chi connectivity index (χ4v) is 12.5. The average Bonchev–Trinajstić information content (AvgIpc) is 4.33. The van der Waals surface area contributed by atoms with Gasteiger partial charge < -0.3 is 18.3 Å². The maximum atomic E-state index is 6.82. The van der Waals surface area contributed by atoms with Crippen LogP contribution in [0.4, 0.5) is 0 Å². The van der Waals surface area contributed by atoms with E-state index in [4.69, 9.17) is 24.1 Å². The minimum absolute atomic E-state index is 0.161. The maximum Gasteiger partial charge on any atom is 0.163 e. The van der Waals surface area contributed by atoms with Crippen LogP contribution in [0.2, 0.25) is 0 Å². The van der Waals surface area contributed by atoms with E-state index in [2.05, 4.69) is 235 Å². The maximum absolute atomic E-state index is 6.82. The van der Waals surface area contributed by atoms with Crippen molar-refractivity contribution >= 4 is 60.9 Å². The van der Waals surface area contributed by atoms with Crippen molar-refractivity contribution in [2.24, 2.45) is 0 Å². The molecule has 3 atom stereocenters. The zero-order valence-corrected chi connectivity index (χ0v) is 41.9. The van der Waals surface area contributed by atoms with E-state index in [9.17, 15) is 0 Å². The van der Waals surface area contributed by atoms with Crippen LogP contribution in [0.25, 0.3) is 94.8 Å². The quantitative estimate of drug-likeness (QED) is 0.152. The Balaban J connectivity index is 0.859. The summed E-state index contributed by atoms with van der Waals surface area (Å²) in [5.41, 5.74) is 17.7. The number of nitrogens with zero attached hydrogens (tertiary/aromatic N) is 5. The second-order valence-electron chi connectivity index (χ2n) is 20.1. The van der Waals surface area contributed by atoms with Crippen molar-refractivity contribution in [1.29, 1.82) is 0 Å². The molecule has 2 aliphatic carbocycles. The fraction of sp³-hybridized carbons (Fsp3) is 0.0870. The van der Waals surface area contributed by atoms with Gasteiger partial charge in [0.1, 0.15) is 29.0 Å². The van der Waals surface area contributed by atoms with Gasteiger partial charge in [-0.1, -0.05) is 158 Å². The van der Waals surface area contributed by atoms with Gasteiger partial charge in [0, 0.05) is 66.3 Å². The molecule has 0 N–H and O–H groups in total. The molecule has 0 saturated carbocycles. The number of aromatic nitrogens is 5. The SMILES string of the molecule is C/C=C(/c1ccc2oc3c(c2c1)C(c1nc(C2=CC=CC4Oc5ccc(-c6cccc7c8ccccc8n(-c8ccccc8)c67)cc5C24)nc(-c2ccccc2)n1)CC=C3)c1c(C)c2ccccc2n1-c1ccccc1. The molecule has 8 aromatic carbocycles. The van der Waals surface area contributed by atoms with Crippen molar-refractivity contribution in [3.05, 3.63) is 270 Å². The molecule has 1 aliphatic heterocycles. The van der Waals surface area contributed by atoms with Gasteiger partial charge in [0.25, 0.3) is 0 Å². The van der Waals surface area contributed by atoms with E-state index >= 15 is 0 Å². The number of allylic oxidation sites excluding steroid dienone is 4. The predicted octanol–water partition coefficient (Wildman–Crippen LogP) is 16.8. The molecule has 7 heteroatoms. The van der Waals surface area contributed by atoms with Gasteiger partial charge in [-0.25, -0.2) is 15.0 Å². The van der Waals surface area contributed by atoms with E-state index in [0.29, 0.717) is 23.9 Å². The van der Waals surface area contributed by atoms with Gasteiger partial charge >= 0.3 is 0 Å². The molecule has 3 unspecified atom stereocenters. The first-order valence-electron chi connectivity index (χ1n) is 26.2. The number of aryl methyl sites for hydroxylation is 1. The van der Waals surface area contributed by atoms with Crippen molar-refractivity contribution in [1.82, 2.24) is 24.1 Å². The monoisotopic (exact) mass is 979 g/mol. The third-order valence-electron chi connectivity index (χ3n) is 15.9. The fourth-order valence-electron chi connectivity index (χ4n) is 12.5. The standard InChI is InChI=1S/C69H49N5O2/c1-3-48(65-42(2)49-26-13-15-32-57(49)73(65)46-22-9-5-10-23-46)44-36-38-59-55(40-44)63-53(30-18-34-61(63)75-59)68-70-67(43-20-7-4-8-21-43)71-69(72-68)54-31-19-35-62-64(54)56-41-45(37-39-60(56)76-62)50-28-17-29-52-51-27-14-16-33-58(51)74(66(50)52)47-24-11-6-12-25-47/h3-29,31-41,53,62,64H,30H2,1-2H3/b48-3-. The molecular weight excluding hydrogens is 931 g/mol. The summed E-state index contributed by atoms with van der Waals surface area (Å²) in [6.07, 6.45) is 13.5. The Hall–Kier alpha value is -9.59. The van der Waals surface area contributed by atoms with E-state index in [1.54, 1.807) is 0 Å². The highest BCUT2D eigenvalue weighted by Crippen LogP contribution is 2.51. The Kier molecular flexibility index (Phi) is 10.1. The largest absolute Gasteiger partial charge is 0.485 e. The van der Waals surface area contributed by atoms with Crippen LogP contribution in [0.3, 0.4) is 0 Å². The molecule has 12 aromatic rings. The number of ether oxygens (including phenoxy) is 1. The van der Waals surface area contributed by atoms with Crippen molar-refractivity contribution in [2.75, 3.05) is 0 Å². The highest BCUT2D eigenvalue weighted by Gasteiger charge is 2.40. The van der Waals surface area contributed by atoms with Crippen LogP contribution in [0.1, 0.15) is 70.5 Å². The lowest BCUT2D eigenvalue weighted by molar-refractivity contribution is 0.271. The van der Waals surface area contributed by atoms with Crippen molar-refractivity contribution in [2.45, 2.75) is 38.2 Å². The van der Waals surface area contributed by atoms with E-state index in [0.717, 1.165) is 78.4 Å². The molecule has 0 spiro atoms. The number of benzene rings is 8. The Morgan fingerprint density at radius 2 is 1.32 bits per heavy atom. The second kappa shape index (κ2) is 17.5. The average molecular weight is 980 g/mol. The smallest absolute Gasteiger partial charge is 0.163 e. The molecule has 15 rings (SSSR count). The number of rotatable bonds is 8. The van der Waals surface area contributed by atoms with Gasteiger partial charge in [-0.15, -0.1) is 0 Å². The molecule has 0 amide bonds. The first-order valence-corrected chi connectivity index (χ1v) is 26.2. The summed E-state index contributed by atoms with van der Waals surface area (Å²) in [5.74, 6) is 3.30. The zero-order chi connectivity index (χ0) is 50.4. The first kappa shape index (κ1) is 43.9. The van der Waals surface area contributed by atoms with Gasteiger partial charge in [-0.3, -0.25) is 0 Å². The van der Waals surface area contributed by atoms with E-state index in [1.807, 2.05) is 18.2 Å². The molecular formula is C69H49N5O2. The Bertz CT molecular complexity index is 4440. The van der Waals surface area contributed by atoms with Gasteiger partial charge in [0.05, 0.1) is 34.1 Å². The lowest BCUT2D eigenvalue weighted by Gasteiger charge is -2.24. The number of hydrogen-bond acceptors (Lipinski definition) is 5. The zero-order valence-electron chi connectivity index (χ0n) is 41.9. The Labute approximate surface area is 439 Å². The summed E-state index contributed by atoms with van der Waals surface area (Å²) >= 11 is 0. The normalized spacial score (nSPS) is 16.8. The molecule has 7 nitrogen and oxygen atoms in total. The summed E-state index contributed by atoms with van der Waals surface area (Å²) in [4.78, 5) is 16.3. The van der Waals surface area contributed by atoms with Crippen LogP contribution >= 0.6 is 0 Å². The van der Waals surface area contributed by atoms with E-state index in [1.165, 1.54) is 44.0 Å². The number of para-hydroxylation sites is 5. The lowest BCUT2D eigenvalue weighted by Crippen LogP contribution is -2.21. The van der Waals surface area contributed by atoms with Crippen molar-refractivity contribution in [3.8, 4) is 39.6 Å². The molecule has 4 aromatic heterocycles. The van der Waals surface area contributed by atoms with Crippen LogP contribution in [0.5, 0.6) is 5.75 Å². The number of hydrogen-bond donors (Lipinski definition) is 0. The molecule has 362 valence electrons. The molecule has 0 radical (unpaired) electrons. The third kappa shape index (κ3) is 6.85. The Morgan fingerprint density at radius 3 is 2.11 bits per heavy atom. The molecule has 3 aliphatic rings. The van der Waals surface area contributed by atoms with E-state index in [-0.39, 0.29) is 17.9 Å². The van der Waals surface area contributed by atoms with Gasteiger partial charge in [-0.05, 0) is 110 Å². The topological polar surface area (TPSA) is 70.9 Å². The minimum Gasteiger partial charge on any atom is -0.485 e. The highest BCUT2D eigenvalue weighted by molar-refractivity contribution is 6.14. The van der Waals surface area contributed by atoms with Crippen LogP contribution in [0, 0.1) is 6.92 Å². The molecule has 76 heavy (non-hydrogen) atoms. The molecule has 5 heterocycles. The summed E-state index contributed by atoms with van der Waals surface area (Å²) in [6, 6.07) is 69.0. The van der Waals surface area contributed by atoms with Crippen LogP contribution in [-0.4, -0.2) is 30.2 Å². The summed E-state index contributed by atoms with van der Waals surface area (Å²) in [5, 5.41) is 4.72. The number of fused-ring (bicyclic) bond motifs is 10. The van der Waals surface area contributed by atoms with Gasteiger partial charge in [0.2, 0.25) is 0 Å². The number of furan rings is 1.